The normalized spacial score (nSPS) is 12.3. The summed E-state index contributed by atoms with van der Waals surface area (Å²) in [5.74, 6) is 0.671. The average Bonchev–Trinajstić information content (AvgIpc) is 2.92. The minimum Gasteiger partial charge on any atom is -0.463 e. The zero-order valence-corrected chi connectivity index (χ0v) is 26.8. The summed E-state index contributed by atoms with van der Waals surface area (Å²) >= 11 is 0. The van der Waals surface area contributed by atoms with Crippen LogP contribution in [-0.2, 0) is 14.3 Å². The van der Waals surface area contributed by atoms with Crippen LogP contribution in [-0.4, -0.2) is 37.0 Å². The molecule has 0 aliphatic heterocycles. The zero-order chi connectivity index (χ0) is 28.7. The zero-order valence-electron chi connectivity index (χ0n) is 26.8. The third-order valence-electron chi connectivity index (χ3n) is 7.80. The molecule has 0 saturated carbocycles. The highest BCUT2D eigenvalue weighted by Crippen LogP contribution is 2.15. The van der Waals surface area contributed by atoms with Gasteiger partial charge in [-0.15, -0.1) is 0 Å². The molecule has 234 valence electrons. The topological polar surface area (TPSA) is 55.8 Å². The fourth-order valence-electron chi connectivity index (χ4n) is 5.16. The van der Waals surface area contributed by atoms with E-state index in [1.54, 1.807) is 0 Å². The van der Waals surface area contributed by atoms with E-state index in [2.05, 4.69) is 20.8 Å². The molecule has 39 heavy (non-hydrogen) atoms. The van der Waals surface area contributed by atoms with Crippen molar-refractivity contribution in [3.05, 3.63) is 0 Å². The summed E-state index contributed by atoms with van der Waals surface area (Å²) in [5, 5.41) is 9.99. The van der Waals surface area contributed by atoms with E-state index in [1.807, 2.05) is 0 Å². The van der Waals surface area contributed by atoms with Gasteiger partial charge in [0.05, 0.1) is 6.61 Å². The van der Waals surface area contributed by atoms with E-state index < -0.39 is 6.10 Å². The first-order valence-electron chi connectivity index (χ1n) is 17.5. The van der Waals surface area contributed by atoms with Crippen molar-refractivity contribution in [3.63, 3.8) is 0 Å². The van der Waals surface area contributed by atoms with Crippen molar-refractivity contribution >= 4 is 5.97 Å². The van der Waals surface area contributed by atoms with E-state index in [9.17, 15) is 9.90 Å². The second-order valence-corrected chi connectivity index (χ2v) is 12.5. The Morgan fingerprint density at radius 2 is 0.974 bits per heavy atom. The van der Waals surface area contributed by atoms with Crippen molar-refractivity contribution in [2.24, 2.45) is 5.92 Å². The molecule has 0 fully saturated rings. The molecule has 0 aromatic carbocycles. The van der Waals surface area contributed by atoms with Gasteiger partial charge in [0, 0.05) is 13.0 Å². The molecule has 0 bridgehead atoms. The average molecular weight is 555 g/mol. The molecule has 0 amide bonds. The van der Waals surface area contributed by atoms with Crippen LogP contribution in [0.1, 0.15) is 188 Å². The number of ether oxygens (including phenoxy) is 2. The van der Waals surface area contributed by atoms with Crippen LogP contribution in [0.15, 0.2) is 0 Å². The smallest absolute Gasteiger partial charge is 0.305 e. The second kappa shape index (κ2) is 31.9. The van der Waals surface area contributed by atoms with Gasteiger partial charge >= 0.3 is 5.97 Å². The maximum atomic E-state index is 11.9. The second-order valence-electron chi connectivity index (χ2n) is 12.5. The highest BCUT2D eigenvalue weighted by Gasteiger charge is 2.09. The summed E-state index contributed by atoms with van der Waals surface area (Å²) in [6.07, 6.45) is 32.6. The van der Waals surface area contributed by atoms with Crippen LogP contribution in [0.5, 0.6) is 0 Å². The maximum Gasteiger partial charge on any atom is 0.305 e. The van der Waals surface area contributed by atoms with Crippen LogP contribution in [0.4, 0.5) is 0 Å². The van der Waals surface area contributed by atoms with Crippen LogP contribution in [0.2, 0.25) is 0 Å². The third kappa shape index (κ3) is 33.5. The van der Waals surface area contributed by atoms with Gasteiger partial charge in [0.1, 0.15) is 12.7 Å². The Morgan fingerprint density at radius 3 is 1.44 bits per heavy atom. The highest BCUT2D eigenvalue weighted by molar-refractivity contribution is 5.69. The molecular weight excluding hydrogens is 484 g/mol. The molecule has 4 nitrogen and oxygen atoms in total. The third-order valence-corrected chi connectivity index (χ3v) is 7.80. The van der Waals surface area contributed by atoms with Crippen molar-refractivity contribution in [3.8, 4) is 0 Å². The lowest BCUT2D eigenvalue weighted by atomic mass is 10.0. The molecule has 1 N–H and O–H groups in total. The predicted molar refractivity (Wildman–Crippen MR) is 168 cm³/mol. The molecular formula is C35H70O4. The fraction of sp³-hybridized carbons (Fsp3) is 0.971. The Morgan fingerprint density at radius 1 is 0.564 bits per heavy atom. The van der Waals surface area contributed by atoms with Gasteiger partial charge in [0.25, 0.3) is 0 Å². The molecule has 0 rings (SSSR count). The SMILES string of the molecule is CCCCCCCCCCCCCC(=O)OCC(O)COCCCCCCCCCCCCCCCC(C)C. The van der Waals surface area contributed by atoms with Gasteiger partial charge in [0.15, 0.2) is 0 Å². The molecule has 4 heteroatoms. The Hall–Kier alpha value is -0.610. The van der Waals surface area contributed by atoms with Crippen LogP contribution < -0.4 is 0 Å². The Labute approximate surface area is 244 Å². The fourth-order valence-corrected chi connectivity index (χ4v) is 5.16. The summed E-state index contributed by atoms with van der Waals surface area (Å²) in [7, 11) is 0. The Bertz CT molecular complexity index is 479. The quantitative estimate of drug-likeness (QED) is 0.0663. The minimum absolute atomic E-state index is 0.0506. The van der Waals surface area contributed by atoms with Gasteiger partial charge in [0.2, 0.25) is 0 Å². The first-order chi connectivity index (χ1) is 19.1. The summed E-state index contributed by atoms with van der Waals surface area (Å²) in [6, 6.07) is 0. The van der Waals surface area contributed by atoms with Crippen LogP contribution >= 0.6 is 0 Å². The lowest BCUT2D eigenvalue weighted by Crippen LogP contribution is -2.24. The number of hydrogen-bond donors (Lipinski definition) is 1. The van der Waals surface area contributed by atoms with Gasteiger partial charge in [-0.2, -0.15) is 0 Å². The van der Waals surface area contributed by atoms with Gasteiger partial charge < -0.3 is 14.6 Å². The van der Waals surface area contributed by atoms with Crippen LogP contribution in [0.3, 0.4) is 0 Å². The van der Waals surface area contributed by atoms with Gasteiger partial charge in [-0.1, -0.05) is 168 Å². The number of esters is 1. The molecule has 0 aromatic rings. The first-order valence-corrected chi connectivity index (χ1v) is 17.5. The van der Waals surface area contributed by atoms with E-state index in [1.165, 1.54) is 141 Å². The van der Waals surface area contributed by atoms with E-state index in [-0.39, 0.29) is 19.2 Å². The van der Waals surface area contributed by atoms with E-state index in [0.717, 1.165) is 25.2 Å². The molecule has 0 saturated heterocycles. The van der Waals surface area contributed by atoms with E-state index in [0.29, 0.717) is 13.0 Å². The summed E-state index contributed by atoms with van der Waals surface area (Å²) in [5.41, 5.74) is 0. The predicted octanol–water partition coefficient (Wildman–Crippen LogP) is 10.7. The first kappa shape index (κ1) is 38.4. The van der Waals surface area contributed by atoms with Crippen LogP contribution in [0.25, 0.3) is 0 Å². The summed E-state index contributed by atoms with van der Waals surface area (Å²) in [6.45, 7) is 7.89. The van der Waals surface area contributed by atoms with Crippen molar-refractivity contribution in [1.82, 2.24) is 0 Å². The van der Waals surface area contributed by atoms with Crippen molar-refractivity contribution in [2.75, 3.05) is 19.8 Å². The number of carbonyl (C=O) groups excluding carboxylic acids is 1. The molecule has 0 aliphatic carbocycles. The van der Waals surface area contributed by atoms with Crippen molar-refractivity contribution < 1.29 is 19.4 Å². The molecule has 0 radical (unpaired) electrons. The van der Waals surface area contributed by atoms with Gasteiger partial charge in [-0.05, 0) is 18.8 Å². The van der Waals surface area contributed by atoms with Gasteiger partial charge in [-0.3, -0.25) is 4.79 Å². The monoisotopic (exact) mass is 555 g/mol. The Balaban J connectivity index is 3.26. The van der Waals surface area contributed by atoms with Gasteiger partial charge in [-0.25, -0.2) is 0 Å². The standard InChI is InChI=1S/C35H70O4/c1-4-5-6-7-8-9-13-17-20-23-26-29-35(37)39-32-34(36)31-38-30-27-24-21-18-15-12-10-11-14-16-19-22-25-28-33(2)3/h33-34,36H,4-32H2,1-3H3. The molecule has 0 aliphatic rings. The van der Waals surface area contributed by atoms with E-state index in [4.69, 9.17) is 9.47 Å². The van der Waals surface area contributed by atoms with Crippen LogP contribution in [0, 0.1) is 5.92 Å². The number of aliphatic hydroxyl groups excluding tert-OH is 1. The number of hydrogen-bond acceptors (Lipinski definition) is 4. The molecule has 0 spiro atoms. The molecule has 0 heterocycles. The number of carbonyl (C=O) groups is 1. The summed E-state index contributed by atoms with van der Waals surface area (Å²) in [4.78, 5) is 11.9. The largest absolute Gasteiger partial charge is 0.463 e. The maximum absolute atomic E-state index is 11.9. The summed E-state index contributed by atoms with van der Waals surface area (Å²) < 4.78 is 10.8. The highest BCUT2D eigenvalue weighted by atomic mass is 16.5. The molecule has 1 unspecified atom stereocenters. The van der Waals surface area contributed by atoms with Crippen molar-refractivity contribution in [2.45, 2.75) is 194 Å². The number of rotatable bonds is 32. The Kier molecular flexibility index (Phi) is 31.4. The number of unbranched alkanes of at least 4 members (excludes halogenated alkanes) is 22. The lowest BCUT2D eigenvalue weighted by Gasteiger charge is -2.12. The molecule has 1 atom stereocenters. The minimum atomic E-state index is -0.716. The number of aliphatic hydroxyl groups is 1. The van der Waals surface area contributed by atoms with Crippen molar-refractivity contribution in [1.29, 1.82) is 0 Å². The van der Waals surface area contributed by atoms with E-state index >= 15 is 0 Å². The lowest BCUT2D eigenvalue weighted by molar-refractivity contribution is -0.147. The molecule has 0 aromatic heterocycles.